The molecule has 32 heavy (non-hydrogen) atoms. The van der Waals surface area contributed by atoms with Crippen molar-refractivity contribution in [1.82, 2.24) is 0 Å². The first-order chi connectivity index (χ1) is 15.0. The monoisotopic (exact) mass is 444 g/mol. The van der Waals surface area contributed by atoms with Crippen molar-refractivity contribution in [3.8, 4) is 0 Å². The fourth-order valence-electron chi connectivity index (χ4n) is 6.44. The molecule has 0 aliphatic heterocycles. The Hall–Kier alpha value is -1.20. The Balaban J connectivity index is 1.75. The summed E-state index contributed by atoms with van der Waals surface area (Å²) in [5.41, 5.74) is 2.41. The van der Waals surface area contributed by atoms with Crippen LogP contribution in [0.3, 0.4) is 0 Å². The van der Waals surface area contributed by atoms with Crippen LogP contribution in [0.2, 0.25) is 0 Å². The van der Waals surface area contributed by atoms with Crippen LogP contribution in [0.25, 0.3) is 0 Å². The van der Waals surface area contributed by atoms with E-state index >= 15 is 0 Å². The van der Waals surface area contributed by atoms with Crippen molar-refractivity contribution >= 4 is 0 Å². The zero-order valence-electron chi connectivity index (χ0n) is 20.4. The van der Waals surface area contributed by atoms with Gasteiger partial charge in [-0.1, -0.05) is 57.2 Å². The maximum atomic E-state index is 10.3. The molecule has 0 saturated heterocycles. The molecule has 4 nitrogen and oxygen atoms in total. The smallest absolute Gasteiger partial charge is 0.0908 e. The number of aliphatic hydroxyl groups is 4. The molecule has 180 valence electrons. The molecule has 0 aromatic carbocycles. The summed E-state index contributed by atoms with van der Waals surface area (Å²) in [6.45, 7) is 12.2. The van der Waals surface area contributed by atoms with Gasteiger partial charge in [0.2, 0.25) is 0 Å². The lowest BCUT2D eigenvalue weighted by molar-refractivity contribution is -0.0266. The van der Waals surface area contributed by atoms with Crippen LogP contribution < -0.4 is 0 Å². The molecule has 0 aromatic heterocycles. The first-order valence-corrected chi connectivity index (χ1v) is 12.5. The summed E-state index contributed by atoms with van der Waals surface area (Å²) in [5.74, 6) is 1.49. The van der Waals surface area contributed by atoms with Gasteiger partial charge in [0.1, 0.15) is 0 Å². The molecule has 0 heterocycles. The molecule has 3 fully saturated rings. The summed E-state index contributed by atoms with van der Waals surface area (Å²) in [6, 6.07) is 0. The lowest BCUT2D eigenvalue weighted by Gasteiger charge is -2.44. The minimum Gasteiger partial charge on any atom is -0.393 e. The average Bonchev–Trinajstić information content (AvgIpc) is 3.10. The van der Waals surface area contributed by atoms with Crippen LogP contribution in [0, 0.1) is 29.1 Å². The van der Waals surface area contributed by atoms with Gasteiger partial charge in [-0.2, -0.15) is 0 Å². The van der Waals surface area contributed by atoms with Crippen molar-refractivity contribution in [1.29, 1.82) is 0 Å². The zero-order valence-corrected chi connectivity index (χ0v) is 20.4. The van der Waals surface area contributed by atoms with E-state index in [0.717, 1.165) is 17.6 Å². The number of hydrogen-bond acceptors (Lipinski definition) is 4. The van der Waals surface area contributed by atoms with E-state index < -0.39 is 17.8 Å². The van der Waals surface area contributed by atoms with Crippen LogP contribution in [0.15, 0.2) is 47.6 Å². The highest BCUT2D eigenvalue weighted by Crippen LogP contribution is 2.59. The normalized spacial score (nSPS) is 39.9. The molecule has 0 radical (unpaired) electrons. The summed E-state index contributed by atoms with van der Waals surface area (Å²) in [6.07, 6.45) is 14.5. The van der Waals surface area contributed by atoms with Gasteiger partial charge in [0.05, 0.1) is 24.4 Å². The lowest BCUT2D eigenvalue weighted by Crippen LogP contribution is -2.36. The molecule has 3 saturated carbocycles. The van der Waals surface area contributed by atoms with Gasteiger partial charge in [-0.05, 0) is 79.8 Å². The van der Waals surface area contributed by atoms with Crippen molar-refractivity contribution in [3.63, 3.8) is 0 Å². The van der Waals surface area contributed by atoms with Gasteiger partial charge >= 0.3 is 0 Å². The average molecular weight is 445 g/mol. The zero-order chi connectivity index (χ0) is 23.7. The summed E-state index contributed by atoms with van der Waals surface area (Å²) < 4.78 is 0. The highest BCUT2D eigenvalue weighted by atomic mass is 16.3. The van der Waals surface area contributed by atoms with Crippen LogP contribution >= 0.6 is 0 Å². The van der Waals surface area contributed by atoms with Crippen LogP contribution in [0.4, 0.5) is 0 Å². The van der Waals surface area contributed by atoms with Gasteiger partial charge in [0.15, 0.2) is 0 Å². The van der Waals surface area contributed by atoms with Crippen molar-refractivity contribution in [2.24, 2.45) is 29.1 Å². The molecular weight excluding hydrogens is 400 g/mol. The Morgan fingerprint density at radius 2 is 1.91 bits per heavy atom. The van der Waals surface area contributed by atoms with Crippen molar-refractivity contribution in [2.45, 2.75) is 90.4 Å². The Morgan fingerprint density at radius 3 is 2.59 bits per heavy atom. The highest BCUT2D eigenvalue weighted by molar-refractivity contribution is 5.38. The predicted octanol–water partition coefficient (Wildman–Crippen LogP) is 4.70. The Bertz CT molecular complexity index is 776. The molecule has 3 aliphatic carbocycles. The van der Waals surface area contributed by atoms with Crippen LogP contribution in [-0.2, 0) is 0 Å². The van der Waals surface area contributed by atoms with E-state index in [9.17, 15) is 20.4 Å². The second kappa shape index (κ2) is 9.97. The van der Waals surface area contributed by atoms with Gasteiger partial charge in [-0.3, -0.25) is 0 Å². The highest BCUT2D eigenvalue weighted by Gasteiger charge is 2.50. The quantitative estimate of drug-likeness (QED) is 0.448. The molecule has 8 atom stereocenters. The van der Waals surface area contributed by atoms with Crippen molar-refractivity contribution in [3.05, 3.63) is 47.6 Å². The molecule has 0 spiro atoms. The number of fused-ring (bicyclic) bond motifs is 1. The van der Waals surface area contributed by atoms with E-state index in [1.165, 1.54) is 31.3 Å². The van der Waals surface area contributed by atoms with Crippen molar-refractivity contribution in [2.75, 3.05) is 6.61 Å². The van der Waals surface area contributed by atoms with Gasteiger partial charge in [0, 0.05) is 12.3 Å². The fraction of sp³-hybridized carbons (Fsp3) is 0.714. The molecule has 0 amide bonds. The van der Waals surface area contributed by atoms with Crippen LogP contribution in [0.1, 0.15) is 72.6 Å². The van der Waals surface area contributed by atoms with E-state index in [1.54, 1.807) is 6.92 Å². The molecule has 0 bridgehead atoms. The Morgan fingerprint density at radius 1 is 1.19 bits per heavy atom. The first-order valence-electron chi connectivity index (χ1n) is 12.5. The number of hydrogen-bond donors (Lipinski definition) is 4. The molecule has 4 heteroatoms. The van der Waals surface area contributed by atoms with E-state index in [1.807, 2.05) is 6.92 Å². The van der Waals surface area contributed by atoms with Gasteiger partial charge in [-0.15, -0.1) is 0 Å². The van der Waals surface area contributed by atoms with Gasteiger partial charge < -0.3 is 20.4 Å². The predicted molar refractivity (Wildman–Crippen MR) is 130 cm³/mol. The van der Waals surface area contributed by atoms with E-state index in [0.29, 0.717) is 30.6 Å². The maximum absolute atomic E-state index is 10.3. The van der Waals surface area contributed by atoms with E-state index in [2.05, 4.69) is 44.7 Å². The number of aliphatic hydroxyl groups excluding tert-OH is 3. The maximum Gasteiger partial charge on any atom is 0.0908 e. The third-order valence-corrected chi connectivity index (χ3v) is 8.94. The molecule has 3 aliphatic rings. The second-order valence-corrected chi connectivity index (χ2v) is 11.2. The van der Waals surface area contributed by atoms with Crippen LogP contribution in [0.5, 0.6) is 0 Å². The SMILES string of the molecule is C=C1/C(=C\C=C2/CCC[C@]3(C)[C@@H]([C@H](C)/C=C/[C@H](C)C(C)(O)CO)CC[C@@H]23)C[C@@H](O)C[C@@H]1O. The largest absolute Gasteiger partial charge is 0.393 e. The molecule has 0 aromatic rings. The summed E-state index contributed by atoms with van der Waals surface area (Å²) in [5, 5.41) is 39.9. The molecule has 1 unspecified atom stereocenters. The first kappa shape index (κ1) is 25.4. The van der Waals surface area contributed by atoms with Crippen molar-refractivity contribution < 1.29 is 20.4 Å². The molecule has 3 rings (SSSR count). The summed E-state index contributed by atoms with van der Waals surface area (Å²) in [4.78, 5) is 0. The Labute approximate surface area is 194 Å². The number of allylic oxidation sites excluding steroid dienone is 4. The summed E-state index contributed by atoms with van der Waals surface area (Å²) >= 11 is 0. The minimum atomic E-state index is -1.09. The van der Waals surface area contributed by atoms with Crippen LogP contribution in [-0.4, -0.2) is 44.8 Å². The molecular formula is C28H44O4. The topological polar surface area (TPSA) is 80.9 Å². The molecule has 4 N–H and O–H groups in total. The number of rotatable bonds is 6. The second-order valence-electron chi connectivity index (χ2n) is 11.2. The minimum absolute atomic E-state index is 0.0947. The third kappa shape index (κ3) is 5.14. The lowest BCUT2D eigenvalue weighted by atomic mass is 9.61. The van der Waals surface area contributed by atoms with E-state index in [-0.39, 0.29) is 17.9 Å². The van der Waals surface area contributed by atoms with Gasteiger partial charge in [-0.25, -0.2) is 0 Å². The summed E-state index contributed by atoms with van der Waals surface area (Å²) in [7, 11) is 0. The standard InChI is InChI=1S/C28H44O4/c1-18(8-9-19(2)28(5,32)17-29)24-12-13-25-21(7-6-14-27(24,25)4)10-11-22-15-23(30)16-26(31)20(22)3/h8-11,18-19,23-26,29-32H,3,6-7,12-17H2,1-2,4-5H3/b9-8+,21-10+,22-11-/t18-,19+,23-,24-,25+,26+,27-,28?/m1/s1. The fourth-order valence-corrected chi connectivity index (χ4v) is 6.44. The van der Waals surface area contributed by atoms with Gasteiger partial charge in [0.25, 0.3) is 0 Å². The Kier molecular flexibility index (Phi) is 7.92. The third-order valence-electron chi connectivity index (χ3n) is 8.94. The van der Waals surface area contributed by atoms with E-state index in [4.69, 9.17) is 0 Å².